The molecule has 5 nitrogen and oxygen atoms in total. The molecule has 0 fully saturated rings. The van der Waals surface area contributed by atoms with Crippen molar-refractivity contribution in [2.24, 2.45) is 0 Å². The number of amides is 1. The van der Waals surface area contributed by atoms with Crippen molar-refractivity contribution in [3.8, 4) is 0 Å². The van der Waals surface area contributed by atoms with Crippen LogP contribution >= 0.6 is 23.2 Å². The van der Waals surface area contributed by atoms with Crippen LogP contribution in [-0.2, 0) is 14.8 Å². The standard InChI is InChI=1S/C16H16Cl2N2O3S/c1-2-20(24(22,23)12-7-4-3-5-8-12)11-15(21)19-14-10-6-9-13(17)16(14)18/h3-10H,2,11H2,1H3,(H,19,21). The van der Waals surface area contributed by atoms with Gasteiger partial charge in [0.05, 0.1) is 27.2 Å². The lowest BCUT2D eigenvalue weighted by atomic mass is 10.3. The summed E-state index contributed by atoms with van der Waals surface area (Å²) in [5.74, 6) is -0.500. The van der Waals surface area contributed by atoms with E-state index in [1.807, 2.05) is 0 Å². The normalized spacial score (nSPS) is 11.5. The first kappa shape index (κ1) is 18.7. The number of carbonyl (C=O) groups excluding carboxylic acids is 1. The number of nitrogens with one attached hydrogen (secondary N) is 1. The van der Waals surface area contributed by atoms with Crippen LogP contribution in [0.2, 0.25) is 10.0 Å². The number of benzene rings is 2. The summed E-state index contributed by atoms with van der Waals surface area (Å²) in [6.07, 6.45) is 0. The Balaban J connectivity index is 2.15. The number of sulfonamides is 1. The smallest absolute Gasteiger partial charge is 0.243 e. The second-order valence-electron chi connectivity index (χ2n) is 4.89. The SMILES string of the molecule is CCN(CC(=O)Nc1cccc(Cl)c1Cl)S(=O)(=O)c1ccccc1. The summed E-state index contributed by atoms with van der Waals surface area (Å²) >= 11 is 11.9. The lowest BCUT2D eigenvalue weighted by molar-refractivity contribution is -0.116. The van der Waals surface area contributed by atoms with Gasteiger partial charge in [0.2, 0.25) is 15.9 Å². The van der Waals surface area contributed by atoms with Crippen LogP contribution in [0.15, 0.2) is 53.4 Å². The number of hydrogen-bond acceptors (Lipinski definition) is 3. The first-order chi connectivity index (χ1) is 11.4. The van der Waals surface area contributed by atoms with E-state index in [-0.39, 0.29) is 23.0 Å². The van der Waals surface area contributed by atoms with Gasteiger partial charge in [0.1, 0.15) is 0 Å². The van der Waals surface area contributed by atoms with Crippen molar-refractivity contribution < 1.29 is 13.2 Å². The number of rotatable bonds is 6. The summed E-state index contributed by atoms with van der Waals surface area (Å²) in [5, 5.41) is 3.09. The summed E-state index contributed by atoms with van der Waals surface area (Å²) in [7, 11) is -3.74. The lowest BCUT2D eigenvalue weighted by Gasteiger charge is -2.20. The highest BCUT2D eigenvalue weighted by molar-refractivity contribution is 7.89. The fraction of sp³-hybridized carbons (Fsp3) is 0.188. The van der Waals surface area contributed by atoms with E-state index in [0.717, 1.165) is 4.31 Å². The van der Waals surface area contributed by atoms with E-state index >= 15 is 0 Å². The van der Waals surface area contributed by atoms with Crippen LogP contribution in [0.5, 0.6) is 0 Å². The summed E-state index contributed by atoms with van der Waals surface area (Å²) in [5.41, 5.74) is 0.335. The largest absolute Gasteiger partial charge is 0.324 e. The number of hydrogen-bond donors (Lipinski definition) is 1. The van der Waals surface area contributed by atoms with Gasteiger partial charge in [-0.25, -0.2) is 8.42 Å². The molecular weight excluding hydrogens is 371 g/mol. The van der Waals surface area contributed by atoms with Gasteiger partial charge in [-0.05, 0) is 24.3 Å². The van der Waals surface area contributed by atoms with Crippen molar-refractivity contribution in [1.82, 2.24) is 4.31 Å². The van der Waals surface area contributed by atoms with Gasteiger partial charge in [-0.3, -0.25) is 4.79 Å². The van der Waals surface area contributed by atoms with Crippen molar-refractivity contribution in [2.45, 2.75) is 11.8 Å². The Bertz CT molecular complexity index is 826. The zero-order valence-electron chi connectivity index (χ0n) is 12.9. The van der Waals surface area contributed by atoms with Crippen LogP contribution in [0, 0.1) is 0 Å². The molecule has 0 radical (unpaired) electrons. The number of carbonyl (C=O) groups is 1. The van der Waals surface area contributed by atoms with E-state index in [2.05, 4.69) is 5.32 Å². The molecule has 2 aromatic carbocycles. The van der Waals surface area contributed by atoms with Crippen molar-refractivity contribution in [2.75, 3.05) is 18.4 Å². The molecule has 0 saturated carbocycles. The molecule has 0 bridgehead atoms. The molecule has 0 atom stereocenters. The van der Waals surface area contributed by atoms with Crippen LogP contribution in [0.3, 0.4) is 0 Å². The molecule has 0 heterocycles. The molecule has 0 saturated heterocycles. The first-order valence-corrected chi connectivity index (χ1v) is 9.35. The van der Waals surface area contributed by atoms with E-state index in [9.17, 15) is 13.2 Å². The average molecular weight is 387 g/mol. The Kier molecular flexibility index (Phi) is 6.23. The van der Waals surface area contributed by atoms with Crippen LogP contribution in [0.25, 0.3) is 0 Å². The molecule has 1 amide bonds. The lowest BCUT2D eigenvalue weighted by Crippen LogP contribution is -2.37. The number of anilines is 1. The minimum atomic E-state index is -3.74. The van der Waals surface area contributed by atoms with Gasteiger partial charge in [0.25, 0.3) is 0 Å². The predicted octanol–water partition coefficient (Wildman–Crippen LogP) is 3.64. The molecule has 0 spiro atoms. The third-order valence-electron chi connectivity index (χ3n) is 3.28. The summed E-state index contributed by atoms with van der Waals surface area (Å²) in [6, 6.07) is 12.8. The third-order valence-corrected chi connectivity index (χ3v) is 6.03. The molecule has 2 aromatic rings. The van der Waals surface area contributed by atoms with E-state index in [1.54, 1.807) is 43.3 Å². The second-order valence-corrected chi connectivity index (χ2v) is 7.62. The van der Waals surface area contributed by atoms with Crippen LogP contribution < -0.4 is 5.32 Å². The maximum atomic E-state index is 12.6. The minimum Gasteiger partial charge on any atom is -0.324 e. The van der Waals surface area contributed by atoms with E-state index < -0.39 is 15.9 Å². The molecule has 0 unspecified atom stereocenters. The molecule has 8 heteroatoms. The van der Waals surface area contributed by atoms with Gasteiger partial charge >= 0.3 is 0 Å². The fourth-order valence-corrected chi connectivity index (χ4v) is 3.83. The van der Waals surface area contributed by atoms with Crippen LogP contribution in [0.4, 0.5) is 5.69 Å². The Morgan fingerprint density at radius 3 is 2.38 bits per heavy atom. The summed E-state index contributed by atoms with van der Waals surface area (Å²) in [4.78, 5) is 12.3. The van der Waals surface area contributed by atoms with Crippen molar-refractivity contribution in [3.05, 3.63) is 58.6 Å². The predicted molar refractivity (Wildman–Crippen MR) is 96.0 cm³/mol. The maximum Gasteiger partial charge on any atom is 0.243 e. The molecule has 1 N–H and O–H groups in total. The fourth-order valence-electron chi connectivity index (χ4n) is 2.06. The summed E-state index contributed by atoms with van der Waals surface area (Å²) < 4.78 is 26.2. The topological polar surface area (TPSA) is 66.5 Å². The van der Waals surface area contributed by atoms with Crippen LogP contribution in [-0.4, -0.2) is 31.7 Å². The molecule has 2 rings (SSSR count). The summed E-state index contributed by atoms with van der Waals surface area (Å²) in [6.45, 7) is 1.50. The Labute approximate surface area is 151 Å². The second kappa shape index (κ2) is 7.98. The van der Waals surface area contributed by atoms with Gasteiger partial charge in [-0.2, -0.15) is 4.31 Å². The first-order valence-electron chi connectivity index (χ1n) is 7.15. The highest BCUT2D eigenvalue weighted by atomic mass is 35.5. The van der Waals surface area contributed by atoms with Gasteiger partial charge in [-0.1, -0.05) is 54.4 Å². The number of halogens is 2. The van der Waals surface area contributed by atoms with E-state index in [4.69, 9.17) is 23.2 Å². The third kappa shape index (κ3) is 4.27. The maximum absolute atomic E-state index is 12.6. The Morgan fingerprint density at radius 1 is 1.08 bits per heavy atom. The molecule has 0 aliphatic carbocycles. The van der Waals surface area contributed by atoms with Crippen molar-refractivity contribution in [3.63, 3.8) is 0 Å². The molecular formula is C16H16Cl2N2O3S. The molecule has 0 aromatic heterocycles. The number of likely N-dealkylation sites (N-methyl/N-ethyl adjacent to an activating group) is 1. The molecule has 0 aliphatic rings. The van der Waals surface area contributed by atoms with Gasteiger partial charge in [0.15, 0.2) is 0 Å². The quantitative estimate of drug-likeness (QED) is 0.823. The zero-order chi connectivity index (χ0) is 17.7. The minimum absolute atomic E-state index is 0.139. The molecule has 0 aliphatic heterocycles. The number of nitrogens with zero attached hydrogens (tertiary/aromatic N) is 1. The van der Waals surface area contributed by atoms with Gasteiger partial charge in [0, 0.05) is 6.54 Å². The van der Waals surface area contributed by atoms with Crippen LogP contribution in [0.1, 0.15) is 6.92 Å². The van der Waals surface area contributed by atoms with E-state index in [1.165, 1.54) is 12.1 Å². The zero-order valence-corrected chi connectivity index (χ0v) is 15.2. The molecule has 128 valence electrons. The van der Waals surface area contributed by atoms with Crippen molar-refractivity contribution in [1.29, 1.82) is 0 Å². The highest BCUT2D eigenvalue weighted by Gasteiger charge is 2.25. The van der Waals surface area contributed by atoms with Crippen molar-refractivity contribution >= 4 is 44.8 Å². The van der Waals surface area contributed by atoms with Gasteiger partial charge in [-0.15, -0.1) is 0 Å². The Hall–Kier alpha value is -1.60. The monoisotopic (exact) mass is 386 g/mol. The Morgan fingerprint density at radius 2 is 1.75 bits per heavy atom. The molecule has 24 heavy (non-hydrogen) atoms. The average Bonchev–Trinajstić information content (AvgIpc) is 2.57. The highest BCUT2D eigenvalue weighted by Crippen LogP contribution is 2.29. The van der Waals surface area contributed by atoms with Gasteiger partial charge < -0.3 is 5.32 Å². The van der Waals surface area contributed by atoms with E-state index in [0.29, 0.717) is 10.7 Å².